The summed E-state index contributed by atoms with van der Waals surface area (Å²) in [5.41, 5.74) is 7.61. The van der Waals surface area contributed by atoms with Crippen LogP contribution in [-0.4, -0.2) is 21.5 Å². The molecule has 2 heterocycles. The SMILES string of the molecule is Cc1c(-c2cc[nH]c2)nc(CCN)[nH]c1=O. The molecule has 0 aromatic carbocycles. The highest BCUT2D eigenvalue weighted by Gasteiger charge is 2.09. The molecule has 5 nitrogen and oxygen atoms in total. The van der Waals surface area contributed by atoms with E-state index in [0.717, 1.165) is 5.56 Å². The number of H-pyrrole nitrogens is 2. The number of nitrogens with one attached hydrogen (secondary N) is 2. The van der Waals surface area contributed by atoms with Crippen LogP contribution in [0.4, 0.5) is 0 Å². The number of nitrogens with two attached hydrogens (primary N) is 1. The summed E-state index contributed by atoms with van der Waals surface area (Å²) < 4.78 is 0. The van der Waals surface area contributed by atoms with Crippen LogP contribution < -0.4 is 11.3 Å². The number of aromatic nitrogens is 3. The van der Waals surface area contributed by atoms with E-state index in [9.17, 15) is 4.79 Å². The summed E-state index contributed by atoms with van der Waals surface area (Å²) in [6.45, 7) is 2.24. The molecule has 2 aromatic rings. The Labute approximate surface area is 92.7 Å². The minimum atomic E-state index is -0.102. The van der Waals surface area contributed by atoms with Crippen molar-refractivity contribution in [1.29, 1.82) is 0 Å². The Bertz CT molecular complexity index is 527. The van der Waals surface area contributed by atoms with Crippen molar-refractivity contribution in [2.24, 2.45) is 5.73 Å². The highest BCUT2D eigenvalue weighted by Crippen LogP contribution is 2.17. The topological polar surface area (TPSA) is 87.6 Å². The summed E-state index contributed by atoms with van der Waals surface area (Å²) in [7, 11) is 0. The van der Waals surface area contributed by atoms with E-state index in [1.54, 1.807) is 13.1 Å². The summed E-state index contributed by atoms with van der Waals surface area (Å²) >= 11 is 0. The van der Waals surface area contributed by atoms with Crippen LogP contribution in [0.15, 0.2) is 23.3 Å². The number of nitrogens with zero attached hydrogens (tertiary/aromatic N) is 1. The third-order valence-electron chi connectivity index (χ3n) is 2.45. The van der Waals surface area contributed by atoms with E-state index in [-0.39, 0.29) is 5.56 Å². The second kappa shape index (κ2) is 4.32. The molecule has 0 saturated carbocycles. The molecule has 0 unspecified atom stereocenters. The van der Waals surface area contributed by atoms with E-state index in [2.05, 4.69) is 15.0 Å². The third kappa shape index (κ3) is 1.90. The summed E-state index contributed by atoms with van der Waals surface area (Å²) in [4.78, 5) is 21.8. The molecule has 0 fully saturated rings. The molecule has 16 heavy (non-hydrogen) atoms. The summed E-state index contributed by atoms with van der Waals surface area (Å²) in [6.07, 6.45) is 4.20. The van der Waals surface area contributed by atoms with Gasteiger partial charge in [0, 0.05) is 29.9 Å². The minimum Gasteiger partial charge on any atom is -0.367 e. The van der Waals surface area contributed by atoms with Crippen molar-refractivity contribution in [2.75, 3.05) is 6.54 Å². The van der Waals surface area contributed by atoms with Gasteiger partial charge in [0.2, 0.25) is 0 Å². The van der Waals surface area contributed by atoms with E-state index < -0.39 is 0 Å². The van der Waals surface area contributed by atoms with Crippen LogP contribution >= 0.6 is 0 Å². The van der Waals surface area contributed by atoms with Crippen LogP contribution in [0.5, 0.6) is 0 Å². The molecule has 0 saturated heterocycles. The molecule has 0 atom stereocenters. The zero-order chi connectivity index (χ0) is 11.5. The molecule has 0 amide bonds. The van der Waals surface area contributed by atoms with E-state index in [4.69, 9.17) is 5.73 Å². The number of hydrogen-bond acceptors (Lipinski definition) is 3. The first-order valence-electron chi connectivity index (χ1n) is 5.15. The maximum absolute atomic E-state index is 11.7. The van der Waals surface area contributed by atoms with Gasteiger partial charge in [0.1, 0.15) is 5.82 Å². The number of rotatable bonds is 3. The predicted octanol–water partition coefficient (Wildman–Crippen LogP) is 0.575. The molecule has 0 aliphatic rings. The van der Waals surface area contributed by atoms with Gasteiger partial charge in [-0.1, -0.05) is 0 Å². The molecule has 4 N–H and O–H groups in total. The lowest BCUT2D eigenvalue weighted by atomic mass is 10.1. The quantitative estimate of drug-likeness (QED) is 0.704. The Morgan fingerprint density at radius 1 is 1.50 bits per heavy atom. The largest absolute Gasteiger partial charge is 0.367 e. The lowest BCUT2D eigenvalue weighted by Gasteiger charge is -2.05. The molecule has 2 aromatic heterocycles. The smallest absolute Gasteiger partial charge is 0.254 e. The monoisotopic (exact) mass is 218 g/mol. The fraction of sp³-hybridized carbons (Fsp3) is 0.273. The fourth-order valence-electron chi connectivity index (χ4n) is 1.59. The highest BCUT2D eigenvalue weighted by molar-refractivity contribution is 5.61. The van der Waals surface area contributed by atoms with Gasteiger partial charge < -0.3 is 15.7 Å². The Morgan fingerprint density at radius 3 is 2.94 bits per heavy atom. The Balaban J connectivity index is 2.56. The van der Waals surface area contributed by atoms with E-state index >= 15 is 0 Å². The second-order valence-electron chi connectivity index (χ2n) is 3.62. The summed E-state index contributed by atoms with van der Waals surface area (Å²) in [6, 6.07) is 1.89. The molecule has 0 spiro atoms. The van der Waals surface area contributed by atoms with Crippen molar-refractivity contribution >= 4 is 0 Å². The molecular weight excluding hydrogens is 204 g/mol. The first-order valence-corrected chi connectivity index (χ1v) is 5.15. The number of hydrogen-bond donors (Lipinski definition) is 3. The summed E-state index contributed by atoms with van der Waals surface area (Å²) in [5, 5.41) is 0. The van der Waals surface area contributed by atoms with Crippen molar-refractivity contribution in [3.05, 3.63) is 40.2 Å². The van der Waals surface area contributed by atoms with E-state index in [0.29, 0.717) is 30.0 Å². The fourth-order valence-corrected chi connectivity index (χ4v) is 1.59. The first-order chi connectivity index (χ1) is 7.72. The van der Waals surface area contributed by atoms with E-state index in [1.165, 1.54) is 0 Å². The molecule has 5 heteroatoms. The van der Waals surface area contributed by atoms with Crippen molar-refractivity contribution < 1.29 is 0 Å². The van der Waals surface area contributed by atoms with Crippen molar-refractivity contribution in [1.82, 2.24) is 15.0 Å². The van der Waals surface area contributed by atoms with Gasteiger partial charge >= 0.3 is 0 Å². The van der Waals surface area contributed by atoms with Gasteiger partial charge in [-0.15, -0.1) is 0 Å². The van der Waals surface area contributed by atoms with Gasteiger partial charge in [0.05, 0.1) is 5.69 Å². The van der Waals surface area contributed by atoms with Crippen LogP contribution in [0.3, 0.4) is 0 Å². The van der Waals surface area contributed by atoms with Gasteiger partial charge in [-0.2, -0.15) is 0 Å². The molecule has 0 aliphatic carbocycles. The van der Waals surface area contributed by atoms with Gasteiger partial charge in [-0.3, -0.25) is 4.79 Å². The Hall–Kier alpha value is -1.88. The van der Waals surface area contributed by atoms with E-state index in [1.807, 2.05) is 12.3 Å². The van der Waals surface area contributed by atoms with Crippen LogP contribution in [0.2, 0.25) is 0 Å². The van der Waals surface area contributed by atoms with Crippen LogP contribution in [0.25, 0.3) is 11.3 Å². The average Bonchev–Trinajstić information content (AvgIpc) is 2.76. The molecule has 0 aliphatic heterocycles. The summed E-state index contributed by atoms with van der Waals surface area (Å²) in [5.74, 6) is 0.634. The Kier molecular flexibility index (Phi) is 2.87. The van der Waals surface area contributed by atoms with Crippen molar-refractivity contribution in [2.45, 2.75) is 13.3 Å². The lowest BCUT2D eigenvalue weighted by Crippen LogP contribution is -2.18. The van der Waals surface area contributed by atoms with Crippen molar-refractivity contribution in [3.8, 4) is 11.3 Å². The first kappa shape index (κ1) is 10.6. The zero-order valence-electron chi connectivity index (χ0n) is 9.08. The molecule has 0 radical (unpaired) electrons. The maximum atomic E-state index is 11.7. The van der Waals surface area contributed by atoms with Crippen LogP contribution in [0, 0.1) is 6.92 Å². The predicted molar refractivity (Wildman–Crippen MR) is 62.1 cm³/mol. The lowest BCUT2D eigenvalue weighted by molar-refractivity contribution is 0.852. The second-order valence-corrected chi connectivity index (χ2v) is 3.62. The molecule has 84 valence electrons. The minimum absolute atomic E-state index is 0.102. The Morgan fingerprint density at radius 2 is 2.31 bits per heavy atom. The molecule has 0 bridgehead atoms. The standard InChI is InChI=1S/C11H14N4O/c1-7-10(8-3-5-13-6-8)14-9(2-4-12)15-11(7)16/h3,5-6,13H,2,4,12H2,1H3,(H,14,15,16). The molecule has 2 rings (SSSR count). The van der Waals surface area contributed by atoms with Crippen LogP contribution in [-0.2, 0) is 6.42 Å². The normalized spacial score (nSPS) is 10.6. The third-order valence-corrected chi connectivity index (χ3v) is 2.45. The van der Waals surface area contributed by atoms with Crippen LogP contribution in [0.1, 0.15) is 11.4 Å². The molecular formula is C11H14N4O. The van der Waals surface area contributed by atoms with Gasteiger partial charge in [0.15, 0.2) is 0 Å². The van der Waals surface area contributed by atoms with Gasteiger partial charge in [-0.25, -0.2) is 4.98 Å². The van der Waals surface area contributed by atoms with Crippen molar-refractivity contribution in [3.63, 3.8) is 0 Å². The average molecular weight is 218 g/mol. The van der Waals surface area contributed by atoms with Gasteiger partial charge in [0.25, 0.3) is 5.56 Å². The highest BCUT2D eigenvalue weighted by atomic mass is 16.1. The zero-order valence-corrected chi connectivity index (χ0v) is 9.08. The number of aromatic amines is 2. The maximum Gasteiger partial charge on any atom is 0.254 e. The van der Waals surface area contributed by atoms with Gasteiger partial charge in [-0.05, 0) is 19.5 Å².